The number of ether oxygens (including phenoxy) is 3. The lowest BCUT2D eigenvalue weighted by atomic mass is 10.2. The van der Waals surface area contributed by atoms with Gasteiger partial charge in [-0.2, -0.15) is 5.10 Å². The maximum absolute atomic E-state index is 12.4. The van der Waals surface area contributed by atoms with Gasteiger partial charge in [-0.05, 0) is 53.2 Å². The fourth-order valence-corrected chi connectivity index (χ4v) is 3.72. The molecule has 0 radical (unpaired) electrons. The van der Waals surface area contributed by atoms with Crippen molar-refractivity contribution in [3.05, 3.63) is 63.1 Å². The first-order valence-corrected chi connectivity index (χ1v) is 9.95. The summed E-state index contributed by atoms with van der Waals surface area (Å²) in [7, 11) is 1.56. The summed E-state index contributed by atoms with van der Waals surface area (Å²) in [5, 5.41) is 4.02. The number of hydrogen-bond acceptors (Lipinski definition) is 5. The standard InChI is InChI=1S/C20H20Br2N2O4/c1-4-8-28-17-7-6-13(10-18(17)27-5-2)20(25)24-23-12-14-9-15(21)11-16(22)19(14)26-3/h4,6-7,9-12H,1,5,8H2,2-3H3,(H,24,25)/b23-12+. The lowest BCUT2D eigenvalue weighted by Gasteiger charge is -2.12. The molecule has 0 fully saturated rings. The highest BCUT2D eigenvalue weighted by atomic mass is 79.9. The third-order valence-corrected chi connectivity index (χ3v) is 4.52. The highest BCUT2D eigenvalue weighted by Crippen LogP contribution is 2.31. The van der Waals surface area contributed by atoms with E-state index >= 15 is 0 Å². The Kier molecular flexibility index (Phi) is 8.53. The molecule has 8 heteroatoms. The normalized spacial score (nSPS) is 10.6. The van der Waals surface area contributed by atoms with Gasteiger partial charge in [0.05, 0.1) is 24.4 Å². The number of hydrogen-bond donors (Lipinski definition) is 1. The van der Waals surface area contributed by atoms with Crippen molar-refractivity contribution in [3.8, 4) is 17.2 Å². The van der Waals surface area contributed by atoms with Gasteiger partial charge in [0.1, 0.15) is 12.4 Å². The lowest BCUT2D eigenvalue weighted by Crippen LogP contribution is -2.18. The van der Waals surface area contributed by atoms with Crippen molar-refractivity contribution in [2.45, 2.75) is 6.92 Å². The molecule has 0 aromatic heterocycles. The molecule has 0 aliphatic carbocycles. The van der Waals surface area contributed by atoms with Crippen molar-refractivity contribution >= 4 is 44.0 Å². The summed E-state index contributed by atoms with van der Waals surface area (Å²) in [6, 6.07) is 8.63. The van der Waals surface area contributed by atoms with E-state index in [1.54, 1.807) is 31.4 Å². The van der Waals surface area contributed by atoms with Crippen molar-refractivity contribution in [2.75, 3.05) is 20.3 Å². The van der Waals surface area contributed by atoms with E-state index < -0.39 is 0 Å². The second kappa shape index (κ2) is 10.9. The zero-order valence-corrected chi connectivity index (χ0v) is 18.7. The Hall–Kier alpha value is -2.32. The minimum atomic E-state index is -0.375. The fourth-order valence-electron chi connectivity index (χ4n) is 2.30. The molecule has 0 heterocycles. The summed E-state index contributed by atoms with van der Waals surface area (Å²) in [5.74, 6) is 1.27. The smallest absolute Gasteiger partial charge is 0.271 e. The molecule has 0 saturated heterocycles. The van der Waals surface area contributed by atoms with E-state index in [0.29, 0.717) is 41.6 Å². The van der Waals surface area contributed by atoms with E-state index in [9.17, 15) is 4.79 Å². The van der Waals surface area contributed by atoms with Gasteiger partial charge in [0.25, 0.3) is 5.91 Å². The predicted molar refractivity (Wildman–Crippen MR) is 117 cm³/mol. The summed E-state index contributed by atoms with van der Waals surface area (Å²) >= 11 is 6.84. The molecule has 0 aliphatic heterocycles. The summed E-state index contributed by atoms with van der Waals surface area (Å²) in [6.45, 7) is 6.27. The molecule has 0 unspecified atom stereocenters. The number of hydrazone groups is 1. The number of nitrogens with zero attached hydrogens (tertiary/aromatic N) is 1. The summed E-state index contributed by atoms with van der Waals surface area (Å²) in [5.41, 5.74) is 3.60. The highest BCUT2D eigenvalue weighted by molar-refractivity contribution is 9.11. The Morgan fingerprint density at radius 1 is 1.21 bits per heavy atom. The van der Waals surface area contributed by atoms with Crippen molar-refractivity contribution in [1.82, 2.24) is 5.43 Å². The molecule has 0 saturated carbocycles. The Morgan fingerprint density at radius 2 is 2.00 bits per heavy atom. The van der Waals surface area contributed by atoms with Gasteiger partial charge >= 0.3 is 0 Å². The van der Waals surface area contributed by atoms with Gasteiger partial charge in [0, 0.05) is 15.6 Å². The number of methoxy groups -OCH3 is 1. The Labute approximate surface area is 180 Å². The molecular weight excluding hydrogens is 492 g/mol. The summed E-state index contributed by atoms with van der Waals surface area (Å²) in [6.07, 6.45) is 3.15. The molecule has 1 N–H and O–H groups in total. The molecule has 2 rings (SSSR count). The molecule has 0 bridgehead atoms. The zero-order valence-electron chi connectivity index (χ0n) is 15.5. The Bertz CT molecular complexity index is 885. The molecule has 1 amide bonds. The predicted octanol–water partition coefficient (Wildman–Crippen LogP) is 4.95. The van der Waals surface area contributed by atoms with Gasteiger partial charge in [-0.3, -0.25) is 4.79 Å². The van der Waals surface area contributed by atoms with Gasteiger partial charge in [-0.15, -0.1) is 0 Å². The Balaban J connectivity index is 2.16. The van der Waals surface area contributed by atoms with Crippen LogP contribution in [-0.4, -0.2) is 32.4 Å². The maximum atomic E-state index is 12.4. The molecule has 28 heavy (non-hydrogen) atoms. The van der Waals surface area contributed by atoms with Crippen molar-refractivity contribution in [3.63, 3.8) is 0 Å². The van der Waals surface area contributed by atoms with Crippen LogP contribution in [0.5, 0.6) is 17.2 Å². The van der Waals surface area contributed by atoms with Crippen LogP contribution in [0.15, 0.2) is 57.0 Å². The number of nitrogens with one attached hydrogen (secondary N) is 1. The topological polar surface area (TPSA) is 69.2 Å². The van der Waals surface area contributed by atoms with E-state index in [1.807, 2.05) is 19.1 Å². The first-order chi connectivity index (χ1) is 13.5. The molecule has 0 atom stereocenters. The van der Waals surface area contributed by atoms with E-state index in [4.69, 9.17) is 14.2 Å². The van der Waals surface area contributed by atoms with Crippen LogP contribution in [0.1, 0.15) is 22.8 Å². The van der Waals surface area contributed by atoms with E-state index in [0.717, 1.165) is 8.95 Å². The third-order valence-electron chi connectivity index (χ3n) is 3.47. The van der Waals surface area contributed by atoms with Crippen LogP contribution in [0, 0.1) is 0 Å². The Morgan fingerprint density at radius 3 is 2.68 bits per heavy atom. The molecule has 6 nitrogen and oxygen atoms in total. The third kappa shape index (κ3) is 5.84. The van der Waals surface area contributed by atoms with Crippen LogP contribution >= 0.6 is 31.9 Å². The maximum Gasteiger partial charge on any atom is 0.271 e. The number of benzene rings is 2. The van der Waals surface area contributed by atoms with Crippen LogP contribution in [0.3, 0.4) is 0 Å². The molecule has 148 valence electrons. The van der Waals surface area contributed by atoms with Gasteiger partial charge in [0.15, 0.2) is 11.5 Å². The largest absolute Gasteiger partial charge is 0.495 e. The number of carbonyl (C=O) groups excluding carboxylic acids is 1. The van der Waals surface area contributed by atoms with Crippen molar-refractivity contribution in [1.29, 1.82) is 0 Å². The average Bonchev–Trinajstić information content (AvgIpc) is 2.66. The summed E-state index contributed by atoms with van der Waals surface area (Å²) in [4.78, 5) is 12.4. The monoisotopic (exact) mass is 510 g/mol. The first kappa shape index (κ1) is 22.0. The lowest BCUT2D eigenvalue weighted by molar-refractivity contribution is 0.0954. The molecule has 2 aromatic rings. The molecule has 2 aromatic carbocycles. The van der Waals surface area contributed by atoms with Gasteiger partial charge in [-0.1, -0.05) is 28.6 Å². The van der Waals surface area contributed by atoms with Crippen molar-refractivity contribution in [2.24, 2.45) is 5.10 Å². The van der Waals surface area contributed by atoms with E-state index in [2.05, 4.69) is 49.0 Å². The second-order valence-corrected chi connectivity index (χ2v) is 7.17. The summed E-state index contributed by atoms with van der Waals surface area (Å²) < 4.78 is 18.1. The van der Waals surface area contributed by atoms with Crippen LogP contribution in [-0.2, 0) is 0 Å². The second-order valence-electron chi connectivity index (χ2n) is 5.40. The van der Waals surface area contributed by atoms with E-state index in [1.165, 1.54) is 6.21 Å². The molecule has 0 spiro atoms. The number of amides is 1. The first-order valence-electron chi connectivity index (χ1n) is 8.37. The van der Waals surface area contributed by atoms with Gasteiger partial charge < -0.3 is 14.2 Å². The van der Waals surface area contributed by atoms with Gasteiger partial charge in [-0.25, -0.2) is 5.43 Å². The molecule has 0 aliphatic rings. The minimum absolute atomic E-state index is 0.347. The van der Waals surface area contributed by atoms with Crippen molar-refractivity contribution < 1.29 is 19.0 Å². The molecular formula is C20H20Br2N2O4. The number of carbonyl (C=O) groups is 1. The van der Waals surface area contributed by atoms with Crippen LogP contribution in [0.4, 0.5) is 0 Å². The van der Waals surface area contributed by atoms with Crippen LogP contribution < -0.4 is 19.6 Å². The highest BCUT2D eigenvalue weighted by Gasteiger charge is 2.12. The fraction of sp³-hybridized carbons (Fsp3) is 0.200. The number of rotatable bonds is 9. The van der Waals surface area contributed by atoms with E-state index in [-0.39, 0.29) is 5.91 Å². The minimum Gasteiger partial charge on any atom is -0.495 e. The average molecular weight is 512 g/mol. The quantitative estimate of drug-likeness (QED) is 0.294. The zero-order chi connectivity index (χ0) is 20.5. The number of halogens is 2. The van der Waals surface area contributed by atoms with Crippen LogP contribution in [0.25, 0.3) is 0 Å². The SMILES string of the molecule is C=CCOc1ccc(C(=O)N/N=C/c2cc(Br)cc(Br)c2OC)cc1OCC. The van der Waals surface area contributed by atoms with Gasteiger partial charge in [0.2, 0.25) is 0 Å². The van der Waals surface area contributed by atoms with Crippen LogP contribution in [0.2, 0.25) is 0 Å².